The number of fused-ring (bicyclic) bond motifs is 1. The zero-order chi connectivity index (χ0) is 20.2. The van der Waals surface area contributed by atoms with E-state index < -0.39 is 34.9 Å². The van der Waals surface area contributed by atoms with Crippen molar-refractivity contribution in [1.29, 1.82) is 0 Å². The molecular formula is C21H19F3O4. The van der Waals surface area contributed by atoms with Gasteiger partial charge in [0.1, 0.15) is 23.8 Å². The van der Waals surface area contributed by atoms with Crippen LogP contribution in [0.3, 0.4) is 0 Å². The molecule has 1 aliphatic carbocycles. The van der Waals surface area contributed by atoms with Gasteiger partial charge in [-0.3, -0.25) is 4.79 Å². The summed E-state index contributed by atoms with van der Waals surface area (Å²) in [6.07, 6.45) is 0.759. The second-order valence-corrected chi connectivity index (χ2v) is 7.94. The number of benzene rings is 2. The van der Waals surface area contributed by atoms with Gasteiger partial charge in [-0.25, -0.2) is 13.2 Å². The van der Waals surface area contributed by atoms with Gasteiger partial charge in [0.25, 0.3) is 0 Å². The van der Waals surface area contributed by atoms with Gasteiger partial charge in [0.2, 0.25) is 0 Å². The van der Waals surface area contributed by atoms with Crippen LogP contribution >= 0.6 is 0 Å². The summed E-state index contributed by atoms with van der Waals surface area (Å²) in [5.41, 5.74) is 0.666. The molecule has 1 N–H and O–H groups in total. The largest absolute Gasteiger partial charge is 0.487 e. The quantitative estimate of drug-likeness (QED) is 0.809. The third-order valence-electron chi connectivity index (χ3n) is 5.19. The molecule has 2 aromatic carbocycles. The smallest absolute Gasteiger partial charge is 0.307 e. The minimum absolute atomic E-state index is 0.187. The number of carboxylic acids is 1. The Morgan fingerprint density at radius 2 is 1.89 bits per heavy atom. The van der Waals surface area contributed by atoms with Gasteiger partial charge in [0, 0.05) is 17.5 Å². The van der Waals surface area contributed by atoms with Crippen LogP contribution in [-0.2, 0) is 17.8 Å². The highest BCUT2D eigenvalue weighted by Gasteiger charge is 2.44. The van der Waals surface area contributed by atoms with E-state index in [0.29, 0.717) is 35.3 Å². The lowest BCUT2D eigenvalue weighted by atomic mass is 10.00. The van der Waals surface area contributed by atoms with E-state index in [1.54, 1.807) is 0 Å². The van der Waals surface area contributed by atoms with Crippen molar-refractivity contribution >= 4 is 5.97 Å². The van der Waals surface area contributed by atoms with Crippen LogP contribution in [0.1, 0.15) is 42.9 Å². The predicted octanol–water partition coefficient (Wildman–Crippen LogP) is 4.58. The van der Waals surface area contributed by atoms with Crippen molar-refractivity contribution in [2.45, 2.75) is 44.8 Å². The zero-order valence-electron chi connectivity index (χ0n) is 15.4. The number of carboxylic acid groups (broad SMARTS) is 1. The van der Waals surface area contributed by atoms with Gasteiger partial charge < -0.3 is 14.6 Å². The molecule has 0 radical (unpaired) electrons. The number of halogens is 3. The molecule has 1 fully saturated rings. The van der Waals surface area contributed by atoms with E-state index >= 15 is 0 Å². The van der Waals surface area contributed by atoms with Crippen molar-refractivity contribution in [3.05, 3.63) is 58.4 Å². The third kappa shape index (κ3) is 3.30. The van der Waals surface area contributed by atoms with E-state index in [0.717, 1.165) is 12.1 Å². The van der Waals surface area contributed by atoms with Crippen LogP contribution in [0.15, 0.2) is 24.3 Å². The molecule has 2 aromatic rings. The van der Waals surface area contributed by atoms with E-state index in [2.05, 4.69) is 0 Å². The van der Waals surface area contributed by atoms with Gasteiger partial charge in [-0.05, 0) is 56.0 Å². The highest BCUT2D eigenvalue weighted by Crippen LogP contribution is 2.48. The molecular weight excluding hydrogens is 373 g/mol. The fourth-order valence-corrected chi connectivity index (χ4v) is 3.71. The normalized spacial score (nSPS) is 21.8. The highest BCUT2D eigenvalue weighted by molar-refractivity contribution is 5.75. The summed E-state index contributed by atoms with van der Waals surface area (Å²) in [6.45, 7) is 3.47. The van der Waals surface area contributed by atoms with Gasteiger partial charge in [-0.1, -0.05) is 0 Å². The van der Waals surface area contributed by atoms with Crippen LogP contribution in [0.4, 0.5) is 13.2 Å². The number of carbonyl (C=O) groups is 1. The van der Waals surface area contributed by atoms with Crippen molar-refractivity contribution < 1.29 is 32.5 Å². The lowest BCUT2D eigenvalue weighted by Gasteiger charge is -2.18. The van der Waals surface area contributed by atoms with Gasteiger partial charge in [0.15, 0.2) is 17.4 Å². The second-order valence-electron chi connectivity index (χ2n) is 7.94. The summed E-state index contributed by atoms with van der Waals surface area (Å²) >= 11 is 0. The van der Waals surface area contributed by atoms with Gasteiger partial charge in [-0.15, -0.1) is 0 Å². The lowest BCUT2D eigenvalue weighted by Crippen LogP contribution is -2.25. The minimum Gasteiger partial charge on any atom is -0.487 e. The Bertz CT molecular complexity index is 947. The molecule has 4 nitrogen and oxygen atoms in total. The first kappa shape index (κ1) is 18.7. The summed E-state index contributed by atoms with van der Waals surface area (Å²) < 4.78 is 53.9. The Hall–Kier alpha value is -2.70. The zero-order valence-corrected chi connectivity index (χ0v) is 15.4. The standard InChI is InChI=1S/C21H19F3O4/c1-21(2)8-14-15(22)4-3-10(18(14)28-21)9-27-19-16(23)5-11(6-17(19)24)12-7-13(12)20(25)26/h3-6,12-13H,7-9H2,1-2H3,(H,25,26). The van der Waals surface area contributed by atoms with Crippen LogP contribution in [0, 0.1) is 23.4 Å². The summed E-state index contributed by atoms with van der Waals surface area (Å²) in [5, 5.41) is 8.97. The molecule has 1 heterocycles. The number of ether oxygens (including phenoxy) is 2. The molecule has 1 aliphatic heterocycles. The van der Waals surface area contributed by atoms with Crippen LogP contribution in [0.25, 0.3) is 0 Å². The van der Waals surface area contributed by atoms with Gasteiger partial charge in [-0.2, -0.15) is 0 Å². The number of rotatable bonds is 5. The maximum atomic E-state index is 14.4. The monoisotopic (exact) mass is 392 g/mol. The summed E-state index contributed by atoms with van der Waals surface area (Å²) in [6, 6.07) is 4.99. The fraction of sp³-hybridized carbons (Fsp3) is 0.381. The Kier molecular flexibility index (Phi) is 4.28. The molecule has 0 spiro atoms. The molecule has 2 aliphatic rings. The SMILES string of the molecule is CC1(C)Cc2c(F)ccc(COc3c(F)cc(C4CC4C(=O)O)cc3F)c2O1. The topological polar surface area (TPSA) is 55.8 Å². The summed E-state index contributed by atoms with van der Waals surface area (Å²) in [7, 11) is 0. The maximum absolute atomic E-state index is 14.4. The number of hydrogen-bond acceptors (Lipinski definition) is 3. The molecule has 1 saturated carbocycles. The molecule has 2 unspecified atom stereocenters. The fourth-order valence-electron chi connectivity index (χ4n) is 3.71. The number of aliphatic carboxylic acids is 1. The molecule has 7 heteroatoms. The van der Waals surface area contributed by atoms with Crippen LogP contribution < -0.4 is 9.47 Å². The number of hydrogen-bond donors (Lipinski definition) is 1. The van der Waals surface area contributed by atoms with Crippen molar-refractivity contribution in [3.63, 3.8) is 0 Å². The van der Waals surface area contributed by atoms with Crippen LogP contribution in [0.5, 0.6) is 11.5 Å². The molecule has 4 rings (SSSR count). The Labute approximate surface area is 159 Å². The third-order valence-corrected chi connectivity index (χ3v) is 5.19. The average molecular weight is 392 g/mol. The first-order chi connectivity index (χ1) is 13.2. The molecule has 0 aromatic heterocycles. The molecule has 148 valence electrons. The van der Waals surface area contributed by atoms with E-state index in [-0.39, 0.29) is 18.3 Å². The second kappa shape index (κ2) is 6.43. The summed E-state index contributed by atoms with van der Waals surface area (Å²) in [5.74, 6) is -4.34. The summed E-state index contributed by atoms with van der Waals surface area (Å²) in [4.78, 5) is 11.0. The Morgan fingerprint density at radius 1 is 1.21 bits per heavy atom. The highest BCUT2D eigenvalue weighted by atomic mass is 19.1. The first-order valence-electron chi connectivity index (χ1n) is 9.00. The molecule has 28 heavy (non-hydrogen) atoms. The van der Waals surface area contributed by atoms with Crippen LogP contribution in [-0.4, -0.2) is 16.7 Å². The molecule has 0 bridgehead atoms. The average Bonchev–Trinajstić information content (AvgIpc) is 3.33. The van der Waals surface area contributed by atoms with Crippen molar-refractivity contribution in [2.75, 3.05) is 0 Å². The first-order valence-corrected chi connectivity index (χ1v) is 9.00. The maximum Gasteiger partial charge on any atom is 0.307 e. The van der Waals surface area contributed by atoms with E-state index in [9.17, 15) is 18.0 Å². The van der Waals surface area contributed by atoms with Crippen molar-refractivity contribution in [1.82, 2.24) is 0 Å². The Morgan fingerprint density at radius 3 is 2.50 bits per heavy atom. The van der Waals surface area contributed by atoms with Crippen molar-refractivity contribution in [3.8, 4) is 11.5 Å². The predicted molar refractivity (Wildman–Crippen MR) is 94.0 cm³/mol. The van der Waals surface area contributed by atoms with E-state index in [1.165, 1.54) is 12.1 Å². The lowest BCUT2D eigenvalue weighted by molar-refractivity contribution is -0.138. The van der Waals surface area contributed by atoms with Gasteiger partial charge in [0.05, 0.1) is 5.92 Å². The van der Waals surface area contributed by atoms with Gasteiger partial charge >= 0.3 is 5.97 Å². The molecule has 2 atom stereocenters. The minimum atomic E-state index is -0.973. The molecule has 0 saturated heterocycles. The molecule has 0 amide bonds. The van der Waals surface area contributed by atoms with Crippen molar-refractivity contribution in [2.24, 2.45) is 5.92 Å². The Balaban J connectivity index is 1.54. The van der Waals surface area contributed by atoms with Crippen LogP contribution in [0.2, 0.25) is 0 Å². The van der Waals surface area contributed by atoms with E-state index in [4.69, 9.17) is 14.6 Å². The van der Waals surface area contributed by atoms with E-state index in [1.807, 2.05) is 13.8 Å².